The molecule has 0 atom stereocenters. The molecule has 0 spiro atoms. The summed E-state index contributed by atoms with van der Waals surface area (Å²) in [5, 5.41) is 23.7. The Kier molecular flexibility index (Phi) is 14.9. The zero-order valence-corrected chi connectivity index (χ0v) is 57.0. The van der Waals surface area contributed by atoms with E-state index in [-0.39, 0.29) is 7.43 Å². The van der Waals surface area contributed by atoms with Gasteiger partial charge in [0, 0.05) is 84.4 Å². The van der Waals surface area contributed by atoms with E-state index in [1.165, 1.54) is 22.3 Å². The lowest BCUT2D eigenvalue weighted by molar-refractivity contribution is 0.454. The van der Waals surface area contributed by atoms with Crippen LogP contribution in [0, 0.1) is 0 Å². The summed E-state index contributed by atoms with van der Waals surface area (Å²) in [5.41, 5.74) is 23.5. The van der Waals surface area contributed by atoms with E-state index in [0.29, 0.717) is 13.4 Å². The molecule has 15 aromatic carbocycles. The summed E-state index contributed by atoms with van der Waals surface area (Å²) >= 11 is 7.04. The molecule has 0 aliphatic heterocycles. The first kappa shape index (κ1) is 61.7. The second kappa shape index (κ2) is 24.8. The maximum absolute atomic E-state index is 8.78. The van der Waals surface area contributed by atoms with E-state index in [9.17, 15) is 0 Å². The number of furan rings is 7. The third kappa shape index (κ3) is 10.8. The molecule has 0 unspecified atom stereocenters. The zero-order chi connectivity index (χ0) is 67.7. The van der Waals surface area contributed by atoms with Crippen LogP contribution in [0.25, 0.3) is 209 Å². The number of hydrogen-bond acceptors (Lipinski definition) is 9. The summed E-state index contributed by atoms with van der Waals surface area (Å²) < 4.78 is 50.5. The Hall–Kier alpha value is -12.3. The second-order valence-electron chi connectivity index (χ2n) is 25.6. The molecule has 103 heavy (non-hydrogen) atoms. The fourth-order valence-corrected chi connectivity index (χ4v) is 15.4. The summed E-state index contributed by atoms with van der Waals surface area (Å²) in [6.45, 7) is 0. The van der Waals surface area contributed by atoms with E-state index in [4.69, 9.17) is 40.6 Å². The summed E-state index contributed by atoms with van der Waals surface area (Å²) in [5.74, 6) is 0.572. The lowest BCUT2D eigenvalue weighted by Crippen LogP contribution is -1.98. The molecule has 7 heterocycles. The van der Waals surface area contributed by atoms with Gasteiger partial charge in [0.15, 0.2) is 0 Å². The summed E-state index contributed by atoms with van der Waals surface area (Å²) in [6, 6.07) is 102. The molecule has 1 N–H and O–H groups in total. The molecule has 0 saturated carbocycles. The molecular formula is C91H54BBr2O9. The van der Waals surface area contributed by atoms with Crippen LogP contribution in [0.4, 0.5) is 0 Å². The van der Waals surface area contributed by atoms with Crippen LogP contribution >= 0.6 is 31.9 Å². The van der Waals surface area contributed by atoms with Crippen molar-refractivity contribution in [3.63, 3.8) is 0 Å². The average molecular weight is 1460 g/mol. The van der Waals surface area contributed by atoms with E-state index in [2.05, 4.69) is 250 Å². The van der Waals surface area contributed by atoms with Gasteiger partial charge in [-0.1, -0.05) is 173 Å². The minimum absolute atomic E-state index is 0. The van der Waals surface area contributed by atoms with Crippen molar-refractivity contribution in [2.24, 2.45) is 0 Å². The predicted octanol–water partition coefficient (Wildman–Crippen LogP) is 27.8. The highest BCUT2D eigenvalue weighted by atomic mass is 79.9. The van der Waals surface area contributed by atoms with Crippen LogP contribution in [-0.4, -0.2) is 12.7 Å². The molecule has 0 bridgehead atoms. The molecule has 22 rings (SSSR count). The van der Waals surface area contributed by atoms with Crippen molar-refractivity contribution >= 4 is 193 Å². The van der Waals surface area contributed by atoms with Crippen LogP contribution in [0.5, 0.6) is 5.75 Å². The van der Waals surface area contributed by atoms with Gasteiger partial charge in [0.25, 0.3) is 0 Å². The van der Waals surface area contributed by atoms with Gasteiger partial charge in [-0.25, -0.2) is 0 Å². The normalized spacial score (nSPS) is 11.8. The van der Waals surface area contributed by atoms with Crippen molar-refractivity contribution in [2.75, 3.05) is 0 Å². The lowest BCUT2D eigenvalue weighted by Gasteiger charge is -2.03. The van der Waals surface area contributed by atoms with Crippen molar-refractivity contribution in [1.82, 2.24) is 0 Å². The number of hydrogen-bond donors (Lipinski definition) is 1. The molecule has 0 aliphatic carbocycles. The van der Waals surface area contributed by atoms with Crippen LogP contribution in [0.1, 0.15) is 7.43 Å². The number of fused-ring (bicyclic) bond motifs is 21. The molecule has 9 nitrogen and oxygen atoms in total. The smallest absolute Gasteiger partial charge is 0.537 e. The summed E-state index contributed by atoms with van der Waals surface area (Å²) in [4.78, 5) is 0. The van der Waals surface area contributed by atoms with E-state index in [0.717, 1.165) is 196 Å². The van der Waals surface area contributed by atoms with Crippen LogP contribution in [0.2, 0.25) is 0 Å². The highest BCUT2D eigenvalue weighted by molar-refractivity contribution is 9.10. The Bertz CT molecular complexity index is 6770. The largest absolute Gasteiger partial charge is 0.569 e. The third-order valence-corrected chi connectivity index (χ3v) is 20.6. The van der Waals surface area contributed by atoms with E-state index >= 15 is 0 Å². The molecule has 1 radical (unpaired) electrons. The van der Waals surface area contributed by atoms with E-state index in [1.54, 1.807) is 6.07 Å². The molecule has 489 valence electrons. The van der Waals surface area contributed by atoms with Crippen molar-refractivity contribution in [3.8, 4) is 61.4 Å². The van der Waals surface area contributed by atoms with Crippen molar-refractivity contribution < 1.29 is 40.6 Å². The first-order valence-electron chi connectivity index (χ1n) is 33.4. The lowest BCUT2D eigenvalue weighted by atomic mass is 9.98. The van der Waals surface area contributed by atoms with Gasteiger partial charge in [-0.05, 0) is 219 Å². The fourth-order valence-electron chi connectivity index (χ4n) is 14.6. The average Bonchev–Trinajstić information content (AvgIpc) is 1.63. The molecular weight excluding hydrogens is 1410 g/mol. The first-order valence-corrected chi connectivity index (χ1v) is 34.9. The third-order valence-electron chi connectivity index (χ3n) is 19.6. The second-order valence-corrected chi connectivity index (χ2v) is 27.5. The monoisotopic (exact) mass is 1460 g/mol. The molecule has 0 fully saturated rings. The predicted molar refractivity (Wildman–Crippen MR) is 428 cm³/mol. The van der Waals surface area contributed by atoms with Gasteiger partial charge >= 0.3 is 7.69 Å². The molecule has 12 heteroatoms. The maximum Gasteiger partial charge on any atom is 0.569 e. The number of benzene rings is 15. The maximum atomic E-state index is 8.78. The Balaban J connectivity index is 0.000000132. The van der Waals surface area contributed by atoms with Crippen LogP contribution in [0.15, 0.2) is 337 Å². The Morgan fingerprint density at radius 2 is 0.408 bits per heavy atom. The van der Waals surface area contributed by atoms with Crippen LogP contribution < -0.4 is 4.65 Å². The van der Waals surface area contributed by atoms with Gasteiger partial charge in [-0.3, -0.25) is 0 Å². The van der Waals surface area contributed by atoms with Gasteiger partial charge in [0.2, 0.25) is 0 Å². The molecule has 0 aliphatic rings. The topological polar surface area (TPSA) is 121 Å². The zero-order valence-electron chi connectivity index (χ0n) is 53.8. The Labute approximate surface area is 604 Å². The number of halogens is 2. The molecule has 0 saturated heterocycles. The summed E-state index contributed by atoms with van der Waals surface area (Å²) in [6.07, 6.45) is 0. The van der Waals surface area contributed by atoms with Crippen molar-refractivity contribution in [3.05, 3.63) is 306 Å². The SMILES string of the molecule is Brc1ccc2oc3cc4c(cc3c2c1)oc1ccc(Br)cc14.C.O[B]Oc1ccc2oc3ccc(-c4ccccc4)cc3c2c1.c1ccc(-c2ccc3oc4ccc(-c5ccc6oc7cc8c(cc7c6c5)oc5ccc(-c6ccc7oc9ccc(-c%10ccccc%10)cc9c7c6)cc58)cc4c3c2)cc1. The van der Waals surface area contributed by atoms with Crippen molar-refractivity contribution in [2.45, 2.75) is 7.43 Å². The van der Waals surface area contributed by atoms with Gasteiger partial charge in [-0.15, -0.1) is 0 Å². The van der Waals surface area contributed by atoms with Crippen molar-refractivity contribution in [1.29, 1.82) is 0 Å². The van der Waals surface area contributed by atoms with Gasteiger partial charge in [-0.2, -0.15) is 0 Å². The molecule has 7 aromatic heterocycles. The standard InChI is InChI=1S/C54H30O4.C18H12BO3.C18H8Br2O2.CH4/c1-3-7-31(8-4-1)33-11-17-47-39(23-33)41-25-35(13-19-49(41)55-47)37-15-21-51-43(27-37)45-29-54-46(30-53(45)57-51)44-28-38(16-22-52(44)58-54)36-14-20-50-42(26-36)40-24-34(12-18-48(40)56-50)32-9-5-2-6-10-32;20-19-22-14-7-9-18-16(11-14)15-10-13(6-8-17(15)21-18)12-4-2-1-3-5-12;19-9-1-3-15-11(5-9)13-7-18-14(8-17(13)21-15)12-6-10(20)2-4-16(12)22-18;/h1-30H;1-11,20H;1-8H;1H4. The van der Waals surface area contributed by atoms with E-state index < -0.39 is 0 Å². The minimum atomic E-state index is 0. The van der Waals surface area contributed by atoms with Crippen LogP contribution in [0.3, 0.4) is 0 Å². The minimum Gasteiger partial charge on any atom is -0.537 e. The quantitative estimate of drug-likeness (QED) is 0.155. The van der Waals surface area contributed by atoms with E-state index in [1.807, 2.05) is 72.8 Å². The molecule has 0 amide bonds. The highest BCUT2D eigenvalue weighted by Crippen LogP contribution is 2.44. The molecule has 22 aromatic rings. The summed E-state index contributed by atoms with van der Waals surface area (Å²) in [7, 11) is 0.679. The Morgan fingerprint density at radius 3 is 0.670 bits per heavy atom. The fraction of sp³-hybridized carbons (Fsp3) is 0.0110. The van der Waals surface area contributed by atoms with Crippen LogP contribution in [-0.2, 0) is 0 Å². The Morgan fingerprint density at radius 1 is 0.204 bits per heavy atom. The highest BCUT2D eigenvalue weighted by Gasteiger charge is 2.20. The number of rotatable bonds is 7. The van der Waals surface area contributed by atoms with Gasteiger partial charge < -0.3 is 40.6 Å². The van der Waals surface area contributed by atoms with Gasteiger partial charge in [0.1, 0.15) is 83.9 Å². The first-order chi connectivity index (χ1) is 50.2. The van der Waals surface area contributed by atoms with Gasteiger partial charge in [0.05, 0.1) is 0 Å².